The molecule has 1 N–H and O–H groups in total. The maximum Gasteiger partial charge on any atom is 0.261 e. The number of hydrogen-bond acceptors (Lipinski definition) is 6. The van der Waals surface area contributed by atoms with Crippen molar-refractivity contribution in [1.29, 1.82) is 0 Å². The standard InChI is InChI=1S/C19H17Br2N3O3S/c1-26-17-13(8-11(20)9-14(17)21)18(25)23-19-22-15-3-2-12(10-16(15)28-19)24-4-6-27-7-5-24/h2-3,8-10H,4-7H2,1H3,(H,22,23,25). The Labute approximate surface area is 183 Å². The van der Waals surface area contributed by atoms with E-state index in [1.54, 1.807) is 6.07 Å². The van der Waals surface area contributed by atoms with Crippen LogP contribution in [0, 0.1) is 0 Å². The first kappa shape index (κ1) is 19.6. The summed E-state index contributed by atoms with van der Waals surface area (Å²) in [5.41, 5.74) is 2.44. The van der Waals surface area contributed by atoms with Crippen molar-refractivity contribution >= 4 is 70.1 Å². The molecule has 0 radical (unpaired) electrons. The van der Waals surface area contributed by atoms with Crippen molar-refractivity contribution < 1.29 is 14.3 Å². The molecule has 1 amide bonds. The minimum absolute atomic E-state index is 0.272. The number of carbonyl (C=O) groups is 1. The lowest BCUT2D eigenvalue weighted by atomic mass is 10.2. The fourth-order valence-electron chi connectivity index (χ4n) is 3.09. The van der Waals surface area contributed by atoms with Gasteiger partial charge >= 0.3 is 0 Å². The number of nitrogens with one attached hydrogen (secondary N) is 1. The highest BCUT2D eigenvalue weighted by molar-refractivity contribution is 9.11. The third-order valence-electron chi connectivity index (χ3n) is 4.43. The van der Waals surface area contributed by atoms with Gasteiger partial charge in [0.05, 0.1) is 40.6 Å². The SMILES string of the molecule is COc1c(Br)cc(Br)cc1C(=O)Nc1nc2ccc(N3CCOCC3)cc2s1. The Bertz CT molecular complexity index is 1030. The molecule has 4 rings (SSSR count). The maximum atomic E-state index is 12.8. The van der Waals surface area contributed by atoms with Gasteiger partial charge in [-0.2, -0.15) is 0 Å². The third-order valence-corrected chi connectivity index (χ3v) is 6.41. The normalized spacial score (nSPS) is 14.3. The second kappa shape index (κ2) is 8.36. The summed E-state index contributed by atoms with van der Waals surface area (Å²) in [6, 6.07) is 9.73. The largest absolute Gasteiger partial charge is 0.495 e. The first-order valence-electron chi connectivity index (χ1n) is 8.63. The lowest BCUT2D eigenvalue weighted by Gasteiger charge is -2.28. The molecule has 2 heterocycles. The second-order valence-corrected chi connectivity index (χ2v) is 8.99. The number of amides is 1. The van der Waals surface area contributed by atoms with Gasteiger partial charge < -0.3 is 14.4 Å². The summed E-state index contributed by atoms with van der Waals surface area (Å²) in [6.45, 7) is 3.25. The van der Waals surface area contributed by atoms with Crippen LogP contribution in [0.4, 0.5) is 10.8 Å². The monoisotopic (exact) mass is 525 g/mol. The molecule has 1 aliphatic heterocycles. The zero-order valence-electron chi connectivity index (χ0n) is 15.0. The fourth-order valence-corrected chi connectivity index (χ4v) is 5.37. The van der Waals surface area contributed by atoms with Crippen LogP contribution in [0.25, 0.3) is 10.2 Å². The lowest BCUT2D eigenvalue weighted by molar-refractivity contribution is 0.102. The lowest BCUT2D eigenvalue weighted by Crippen LogP contribution is -2.36. The molecule has 0 spiro atoms. The molecule has 6 nitrogen and oxygen atoms in total. The van der Waals surface area contributed by atoms with Crippen molar-refractivity contribution in [3.63, 3.8) is 0 Å². The smallest absolute Gasteiger partial charge is 0.261 e. The number of aromatic nitrogens is 1. The van der Waals surface area contributed by atoms with Gasteiger partial charge in [-0.05, 0) is 46.3 Å². The van der Waals surface area contributed by atoms with E-state index in [4.69, 9.17) is 9.47 Å². The van der Waals surface area contributed by atoms with Crippen LogP contribution in [0.1, 0.15) is 10.4 Å². The Kier molecular flexibility index (Phi) is 5.86. The average Bonchev–Trinajstić information content (AvgIpc) is 3.09. The highest BCUT2D eigenvalue weighted by atomic mass is 79.9. The predicted octanol–water partition coefficient (Wildman–Crippen LogP) is 4.92. The van der Waals surface area contributed by atoms with Crippen LogP contribution < -0.4 is 15.0 Å². The van der Waals surface area contributed by atoms with E-state index in [0.29, 0.717) is 20.9 Å². The van der Waals surface area contributed by atoms with Gasteiger partial charge in [-0.1, -0.05) is 27.3 Å². The summed E-state index contributed by atoms with van der Waals surface area (Å²) >= 11 is 8.29. The van der Waals surface area contributed by atoms with Crippen molar-refractivity contribution in [3.05, 3.63) is 44.8 Å². The van der Waals surface area contributed by atoms with E-state index >= 15 is 0 Å². The Morgan fingerprint density at radius 2 is 2.04 bits per heavy atom. The van der Waals surface area contributed by atoms with Gasteiger partial charge in [0.1, 0.15) is 5.75 Å². The molecule has 0 saturated carbocycles. The van der Waals surface area contributed by atoms with Crippen LogP contribution in [0.15, 0.2) is 39.3 Å². The first-order chi connectivity index (χ1) is 13.5. The fraction of sp³-hybridized carbons (Fsp3) is 0.263. The molecule has 1 fully saturated rings. The van der Waals surface area contributed by atoms with Crippen molar-refractivity contribution in [2.75, 3.05) is 43.6 Å². The Balaban J connectivity index is 1.59. The van der Waals surface area contributed by atoms with Crippen LogP contribution in [0.3, 0.4) is 0 Å². The summed E-state index contributed by atoms with van der Waals surface area (Å²) in [5, 5.41) is 3.44. The van der Waals surface area contributed by atoms with E-state index < -0.39 is 0 Å². The van der Waals surface area contributed by atoms with Gasteiger partial charge in [0.2, 0.25) is 0 Å². The molecule has 9 heteroatoms. The summed E-state index contributed by atoms with van der Waals surface area (Å²) < 4.78 is 13.3. The van der Waals surface area contributed by atoms with Crippen molar-refractivity contribution in [3.8, 4) is 5.75 Å². The molecule has 2 aromatic carbocycles. The summed E-state index contributed by atoms with van der Waals surface area (Å²) in [6.07, 6.45) is 0. The molecule has 0 bridgehead atoms. The third kappa shape index (κ3) is 4.03. The zero-order chi connectivity index (χ0) is 19.7. The maximum absolute atomic E-state index is 12.8. The second-order valence-electron chi connectivity index (χ2n) is 6.19. The van der Waals surface area contributed by atoms with Crippen molar-refractivity contribution in [1.82, 2.24) is 4.98 Å². The molecule has 146 valence electrons. The highest BCUT2D eigenvalue weighted by Crippen LogP contribution is 2.34. The minimum atomic E-state index is -0.272. The van der Waals surface area contributed by atoms with E-state index in [0.717, 1.165) is 46.7 Å². The van der Waals surface area contributed by atoms with Crippen LogP contribution in [-0.4, -0.2) is 44.3 Å². The Morgan fingerprint density at radius 3 is 2.79 bits per heavy atom. The number of carbonyl (C=O) groups excluding carboxylic acids is 1. The number of fused-ring (bicyclic) bond motifs is 1. The van der Waals surface area contributed by atoms with Crippen LogP contribution in [-0.2, 0) is 4.74 Å². The molecule has 3 aromatic rings. The van der Waals surface area contributed by atoms with Crippen molar-refractivity contribution in [2.24, 2.45) is 0 Å². The first-order valence-corrected chi connectivity index (χ1v) is 11.0. The van der Waals surface area contributed by atoms with Gasteiger partial charge in [0, 0.05) is 23.2 Å². The van der Waals surface area contributed by atoms with Gasteiger partial charge in [-0.3, -0.25) is 10.1 Å². The number of morpholine rings is 1. The Hall–Kier alpha value is -1.68. The van der Waals surface area contributed by atoms with Crippen LogP contribution >= 0.6 is 43.2 Å². The minimum Gasteiger partial charge on any atom is -0.495 e. The number of rotatable bonds is 4. The van der Waals surface area contributed by atoms with E-state index in [1.165, 1.54) is 18.4 Å². The van der Waals surface area contributed by atoms with E-state index in [-0.39, 0.29) is 5.91 Å². The van der Waals surface area contributed by atoms with Gasteiger partial charge in [-0.25, -0.2) is 4.98 Å². The van der Waals surface area contributed by atoms with E-state index in [1.807, 2.05) is 12.1 Å². The van der Waals surface area contributed by atoms with E-state index in [2.05, 4.69) is 59.2 Å². The molecule has 1 aliphatic rings. The Morgan fingerprint density at radius 1 is 1.25 bits per heavy atom. The number of methoxy groups -OCH3 is 1. The summed E-state index contributed by atoms with van der Waals surface area (Å²) in [5.74, 6) is 0.211. The van der Waals surface area contributed by atoms with Crippen molar-refractivity contribution in [2.45, 2.75) is 0 Å². The molecule has 0 atom stereocenters. The average molecular weight is 527 g/mol. The predicted molar refractivity (Wildman–Crippen MR) is 119 cm³/mol. The number of halogens is 2. The van der Waals surface area contributed by atoms with E-state index in [9.17, 15) is 4.79 Å². The molecule has 1 saturated heterocycles. The number of nitrogens with zero attached hydrogens (tertiary/aromatic N) is 2. The zero-order valence-corrected chi connectivity index (χ0v) is 19.0. The number of ether oxygens (including phenoxy) is 2. The van der Waals surface area contributed by atoms with Crippen LogP contribution in [0.5, 0.6) is 5.75 Å². The molecule has 28 heavy (non-hydrogen) atoms. The number of thiazole rings is 1. The van der Waals surface area contributed by atoms with Crippen LogP contribution in [0.2, 0.25) is 0 Å². The molecular weight excluding hydrogens is 510 g/mol. The molecule has 0 aliphatic carbocycles. The topological polar surface area (TPSA) is 63.7 Å². The number of benzene rings is 2. The quantitative estimate of drug-likeness (QED) is 0.522. The number of hydrogen-bond donors (Lipinski definition) is 1. The highest BCUT2D eigenvalue weighted by Gasteiger charge is 2.18. The molecule has 1 aromatic heterocycles. The van der Waals surface area contributed by atoms with Gasteiger partial charge in [-0.15, -0.1) is 0 Å². The summed E-state index contributed by atoms with van der Waals surface area (Å²) in [4.78, 5) is 19.6. The van der Waals surface area contributed by atoms with Gasteiger partial charge in [0.15, 0.2) is 5.13 Å². The molecule has 0 unspecified atom stereocenters. The number of anilines is 2. The summed E-state index contributed by atoms with van der Waals surface area (Å²) in [7, 11) is 1.54. The van der Waals surface area contributed by atoms with Gasteiger partial charge in [0.25, 0.3) is 5.91 Å². The molecular formula is C19H17Br2N3O3S.